The maximum absolute atomic E-state index is 12.8. The van der Waals surface area contributed by atoms with Gasteiger partial charge in [0, 0.05) is 23.4 Å². The molecule has 1 atom stereocenters. The van der Waals surface area contributed by atoms with Crippen LogP contribution in [0.3, 0.4) is 0 Å². The van der Waals surface area contributed by atoms with Gasteiger partial charge in [-0.1, -0.05) is 0 Å². The van der Waals surface area contributed by atoms with Crippen molar-refractivity contribution in [3.63, 3.8) is 0 Å². The molecule has 2 aromatic rings. The number of carbonyl (C=O) groups excluding carboxylic acids is 1. The van der Waals surface area contributed by atoms with Gasteiger partial charge in [0.1, 0.15) is 16.4 Å². The van der Waals surface area contributed by atoms with Crippen molar-refractivity contribution in [3.8, 4) is 11.5 Å². The number of sulfonamides is 1. The average molecular weight is 455 g/mol. The van der Waals surface area contributed by atoms with E-state index in [1.54, 1.807) is 6.07 Å². The number of anilines is 1. The van der Waals surface area contributed by atoms with E-state index in [-0.39, 0.29) is 27.8 Å². The van der Waals surface area contributed by atoms with Crippen LogP contribution >= 0.6 is 0 Å². The Kier molecular flexibility index (Phi) is 6.22. The van der Waals surface area contributed by atoms with Crippen LogP contribution in [0.4, 0.5) is 5.69 Å². The Bertz CT molecular complexity index is 1140. The normalized spacial score (nSPS) is 17.9. The van der Waals surface area contributed by atoms with E-state index in [0.29, 0.717) is 17.7 Å². The minimum Gasteiger partial charge on any atom is -0.497 e. The Morgan fingerprint density at radius 3 is 2.33 bits per heavy atom. The number of hydrogen-bond acceptors (Lipinski definition) is 7. The highest BCUT2D eigenvalue weighted by Gasteiger charge is 2.29. The Hall–Kier alpha value is -2.79. The van der Waals surface area contributed by atoms with Crippen LogP contribution in [0, 0.1) is 0 Å². The SMILES string of the molecule is COc1ccc(OC)c(S(=O)(=O)Nc2ccc(C(=O)N[C@H]3CCS(=O)(=O)C3)cc2)c1. The summed E-state index contributed by atoms with van der Waals surface area (Å²) in [5.41, 5.74) is 0.543. The third-order valence-corrected chi connectivity index (χ3v) is 7.80. The third-order valence-electron chi connectivity index (χ3n) is 4.63. The molecule has 2 N–H and O–H groups in total. The lowest BCUT2D eigenvalue weighted by molar-refractivity contribution is 0.0941. The van der Waals surface area contributed by atoms with E-state index in [4.69, 9.17) is 9.47 Å². The molecule has 11 heteroatoms. The number of hydrogen-bond donors (Lipinski definition) is 2. The fourth-order valence-corrected chi connectivity index (χ4v) is 5.99. The molecule has 1 saturated heterocycles. The average Bonchev–Trinajstić information content (AvgIpc) is 3.05. The largest absolute Gasteiger partial charge is 0.497 e. The quantitative estimate of drug-likeness (QED) is 0.648. The molecule has 0 aromatic heterocycles. The molecule has 2 aromatic carbocycles. The molecule has 1 fully saturated rings. The molecule has 0 bridgehead atoms. The number of amides is 1. The van der Waals surface area contributed by atoms with Gasteiger partial charge in [-0.2, -0.15) is 0 Å². The third kappa shape index (κ3) is 5.03. The van der Waals surface area contributed by atoms with Crippen molar-refractivity contribution in [3.05, 3.63) is 48.0 Å². The maximum atomic E-state index is 12.8. The monoisotopic (exact) mass is 454 g/mol. The van der Waals surface area contributed by atoms with Crippen molar-refractivity contribution in [2.75, 3.05) is 30.4 Å². The summed E-state index contributed by atoms with van der Waals surface area (Å²) < 4.78 is 61.2. The molecular formula is C19H22N2O7S2. The van der Waals surface area contributed by atoms with Crippen LogP contribution in [0.1, 0.15) is 16.8 Å². The van der Waals surface area contributed by atoms with Crippen LogP contribution in [-0.4, -0.2) is 54.5 Å². The van der Waals surface area contributed by atoms with E-state index in [1.165, 1.54) is 50.6 Å². The molecule has 30 heavy (non-hydrogen) atoms. The summed E-state index contributed by atoms with van der Waals surface area (Å²) in [6.07, 6.45) is 0.383. The Labute approximate surface area is 175 Å². The molecule has 0 radical (unpaired) electrons. The van der Waals surface area contributed by atoms with Gasteiger partial charge in [0.25, 0.3) is 15.9 Å². The van der Waals surface area contributed by atoms with Crippen LogP contribution in [0.2, 0.25) is 0 Å². The number of methoxy groups -OCH3 is 2. The number of rotatable bonds is 7. The second kappa shape index (κ2) is 8.52. The fourth-order valence-electron chi connectivity index (χ4n) is 3.07. The molecule has 1 amide bonds. The lowest BCUT2D eigenvalue weighted by Crippen LogP contribution is -2.35. The Morgan fingerprint density at radius 2 is 1.77 bits per heavy atom. The van der Waals surface area contributed by atoms with E-state index < -0.39 is 31.8 Å². The smallest absolute Gasteiger partial charge is 0.265 e. The Morgan fingerprint density at radius 1 is 1.07 bits per heavy atom. The zero-order valence-electron chi connectivity index (χ0n) is 16.4. The van der Waals surface area contributed by atoms with E-state index in [0.717, 1.165) is 0 Å². The summed E-state index contributed by atoms with van der Waals surface area (Å²) in [6, 6.07) is 9.82. The van der Waals surface area contributed by atoms with Crippen LogP contribution in [0.5, 0.6) is 11.5 Å². The van der Waals surface area contributed by atoms with Crippen LogP contribution in [0.25, 0.3) is 0 Å². The standard InChI is InChI=1S/C19H22N2O7S2/c1-27-16-7-8-17(28-2)18(11-16)30(25,26)21-14-5-3-13(4-6-14)19(22)20-15-9-10-29(23,24)12-15/h3-8,11,15,21H,9-10,12H2,1-2H3,(H,20,22)/t15-/m0/s1. The minimum atomic E-state index is -3.98. The number of nitrogens with one attached hydrogen (secondary N) is 2. The second-order valence-corrected chi connectivity index (χ2v) is 10.7. The van der Waals surface area contributed by atoms with Gasteiger partial charge >= 0.3 is 0 Å². The zero-order chi connectivity index (χ0) is 21.9. The van der Waals surface area contributed by atoms with Crippen molar-refractivity contribution in [2.24, 2.45) is 0 Å². The molecule has 1 heterocycles. The van der Waals surface area contributed by atoms with Crippen molar-refractivity contribution in [1.82, 2.24) is 5.32 Å². The zero-order valence-corrected chi connectivity index (χ0v) is 18.0. The lowest BCUT2D eigenvalue weighted by Gasteiger charge is -2.14. The first-order valence-electron chi connectivity index (χ1n) is 9.00. The molecule has 162 valence electrons. The first-order valence-corrected chi connectivity index (χ1v) is 12.3. The summed E-state index contributed by atoms with van der Waals surface area (Å²) in [5.74, 6) is 0.0923. The molecule has 0 saturated carbocycles. The van der Waals surface area contributed by atoms with Gasteiger partial charge in [-0.25, -0.2) is 16.8 Å². The summed E-state index contributed by atoms with van der Waals surface area (Å²) in [5, 5.41) is 2.68. The predicted molar refractivity (Wildman–Crippen MR) is 111 cm³/mol. The topological polar surface area (TPSA) is 128 Å². The highest BCUT2D eigenvalue weighted by atomic mass is 32.2. The first-order chi connectivity index (χ1) is 14.1. The number of carbonyl (C=O) groups is 1. The summed E-state index contributed by atoms with van der Waals surface area (Å²) >= 11 is 0. The van der Waals surface area contributed by atoms with Crippen molar-refractivity contribution >= 4 is 31.5 Å². The molecule has 3 rings (SSSR count). The molecule has 9 nitrogen and oxygen atoms in total. The van der Waals surface area contributed by atoms with Crippen molar-refractivity contribution in [1.29, 1.82) is 0 Å². The molecule has 0 spiro atoms. The highest BCUT2D eigenvalue weighted by Crippen LogP contribution is 2.29. The Balaban J connectivity index is 1.73. The minimum absolute atomic E-state index is 0.0619. The van der Waals surface area contributed by atoms with E-state index in [1.807, 2.05) is 0 Å². The lowest BCUT2D eigenvalue weighted by atomic mass is 10.1. The van der Waals surface area contributed by atoms with Gasteiger partial charge in [-0.3, -0.25) is 9.52 Å². The number of sulfone groups is 1. The molecular weight excluding hydrogens is 432 g/mol. The van der Waals surface area contributed by atoms with Crippen LogP contribution in [-0.2, 0) is 19.9 Å². The van der Waals surface area contributed by atoms with Gasteiger partial charge in [-0.15, -0.1) is 0 Å². The molecule has 1 aliphatic heterocycles. The van der Waals surface area contributed by atoms with Crippen LogP contribution < -0.4 is 19.5 Å². The molecule has 0 aliphatic carbocycles. The second-order valence-electron chi connectivity index (χ2n) is 6.77. The fraction of sp³-hybridized carbons (Fsp3) is 0.316. The maximum Gasteiger partial charge on any atom is 0.265 e. The van der Waals surface area contributed by atoms with Crippen molar-refractivity contribution < 1.29 is 31.1 Å². The van der Waals surface area contributed by atoms with Gasteiger partial charge < -0.3 is 14.8 Å². The van der Waals surface area contributed by atoms with Gasteiger partial charge in [0.15, 0.2) is 9.84 Å². The molecule has 1 aliphatic rings. The predicted octanol–water partition coefficient (Wildman–Crippen LogP) is 1.42. The van der Waals surface area contributed by atoms with Gasteiger partial charge in [0.05, 0.1) is 25.7 Å². The summed E-state index contributed by atoms with van der Waals surface area (Å²) in [4.78, 5) is 12.2. The van der Waals surface area contributed by atoms with Gasteiger partial charge in [-0.05, 0) is 42.8 Å². The van der Waals surface area contributed by atoms with E-state index >= 15 is 0 Å². The highest BCUT2D eigenvalue weighted by molar-refractivity contribution is 7.92. The number of benzene rings is 2. The van der Waals surface area contributed by atoms with Gasteiger partial charge in [0.2, 0.25) is 0 Å². The van der Waals surface area contributed by atoms with Crippen LogP contribution in [0.15, 0.2) is 47.4 Å². The number of ether oxygens (including phenoxy) is 2. The van der Waals surface area contributed by atoms with Crippen molar-refractivity contribution in [2.45, 2.75) is 17.4 Å². The van der Waals surface area contributed by atoms with E-state index in [2.05, 4.69) is 10.0 Å². The molecule has 0 unspecified atom stereocenters. The summed E-state index contributed by atoms with van der Waals surface area (Å²) in [7, 11) is -4.28. The van der Waals surface area contributed by atoms with E-state index in [9.17, 15) is 21.6 Å². The summed E-state index contributed by atoms with van der Waals surface area (Å²) in [6.45, 7) is 0. The first kappa shape index (κ1) is 21.9.